The number of rotatable bonds is 3. The molecule has 0 saturated carbocycles. The van der Waals surface area contributed by atoms with Crippen LogP contribution in [0.15, 0.2) is 18.2 Å². The highest BCUT2D eigenvalue weighted by atomic mass is 79.9. The van der Waals surface area contributed by atoms with E-state index in [2.05, 4.69) is 15.9 Å². The van der Waals surface area contributed by atoms with Crippen LogP contribution in [0.5, 0.6) is 0 Å². The molecule has 88 valence electrons. The minimum Gasteiger partial charge on any atom is -0.294 e. The molecule has 1 rings (SSSR count). The molecule has 0 N–H and O–H groups in total. The number of halogens is 5. The van der Waals surface area contributed by atoms with E-state index in [0.29, 0.717) is 17.5 Å². The van der Waals surface area contributed by atoms with E-state index in [-0.39, 0.29) is 12.0 Å². The molecule has 0 bridgehead atoms. The van der Waals surface area contributed by atoms with Gasteiger partial charge in [-0.3, -0.25) is 4.79 Å². The second-order valence-corrected chi connectivity index (χ2v) is 3.85. The average molecular weight is 299 g/mol. The van der Waals surface area contributed by atoms with Crippen molar-refractivity contribution in [3.8, 4) is 0 Å². The fourth-order valence-electron chi connectivity index (χ4n) is 1.14. The Morgan fingerprint density at radius 1 is 1.31 bits per heavy atom. The van der Waals surface area contributed by atoms with Gasteiger partial charge in [0.1, 0.15) is 5.82 Å². The Morgan fingerprint density at radius 2 is 1.94 bits per heavy atom. The van der Waals surface area contributed by atoms with E-state index in [0.717, 1.165) is 6.07 Å². The summed E-state index contributed by atoms with van der Waals surface area (Å²) in [5.74, 6) is -1.66. The summed E-state index contributed by atoms with van der Waals surface area (Å²) < 4.78 is 49.8. The van der Waals surface area contributed by atoms with Crippen LogP contribution in [-0.4, -0.2) is 11.1 Å². The molecule has 0 fully saturated rings. The van der Waals surface area contributed by atoms with Crippen molar-refractivity contribution in [3.05, 3.63) is 35.1 Å². The van der Waals surface area contributed by atoms with E-state index >= 15 is 0 Å². The largest absolute Gasteiger partial charge is 0.416 e. The Labute approximate surface area is 97.6 Å². The van der Waals surface area contributed by atoms with Crippen LogP contribution in [0.1, 0.15) is 22.3 Å². The van der Waals surface area contributed by atoms with Gasteiger partial charge in [-0.25, -0.2) is 4.39 Å². The Kier molecular flexibility index (Phi) is 4.07. The summed E-state index contributed by atoms with van der Waals surface area (Å²) in [5, 5.41) is 0.340. The summed E-state index contributed by atoms with van der Waals surface area (Å²) in [7, 11) is 0. The number of ketones is 1. The summed E-state index contributed by atoms with van der Waals surface area (Å²) in [4.78, 5) is 11.3. The van der Waals surface area contributed by atoms with Crippen LogP contribution < -0.4 is 0 Å². The maximum Gasteiger partial charge on any atom is 0.416 e. The third kappa shape index (κ3) is 3.04. The first-order valence-corrected chi connectivity index (χ1v) is 5.44. The summed E-state index contributed by atoms with van der Waals surface area (Å²) in [5.41, 5.74) is -1.41. The standard InChI is InChI=1S/C10H7BrF4O/c11-4-3-9(16)7-2-1-6(5-8(7)12)10(13,14)15/h1-2,5H,3-4H2. The lowest BCUT2D eigenvalue weighted by atomic mass is 10.1. The maximum absolute atomic E-state index is 13.2. The van der Waals surface area contributed by atoms with Gasteiger partial charge in [0.05, 0.1) is 11.1 Å². The number of carbonyl (C=O) groups excluding carboxylic acids is 1. The first-order valence-electron chi connectivity index (χ1n) is 4.32. The highest BCUT2D eigenvalue weighted by Gasteiger charge is 2.31. The second kappa shape index (κ2) is 4.95. The van der Waals surface area contributed by atoms with Gasteiger partial charge in [0.2, 0.25) is 0 Å². The molecule has 0 atom stereocenters. The number of hydrogen-bond acceptors (Lipinski definition) is 1. The SMILES string of the molecule is O=C(CCBr)c1ccc(C(F)(F)F)cc1F. The highest BCUT2D eigenvalue weighted by molar-refractivity contribution is 9.09. The minimum absolute atomic E-state index is 0.0439. The van der Waals surface area contributed by atoms with Crippen LogP contribution in [0.3, 0.4) is 0 Å². The van der Waals surface area contributed by atoms with Gasteiger partial charge in [-0.2, -0.15) is 13.2 Å². The summed E-state index contributed by atoms with van der Waals surface area (Å²) in [6, 6.07) is 1.90. The van der Waals surface area contributed by atoms with Crippen LogP contribution in [0, 0.1) is 5.82 Å². The molecule has 16 heavy (non-hydrogen) atoms. The number of Topliss-reactive ketones (excluding diaryl/α,β-unsaturated/α-hetero) is 1. The predicted molar refractivity (Wildman–Crippen MR) is 54.1 cm³/mol. The fraction of sp³-hybridized carbons (Fsp3) is 0.300. The number of benzene rings is 1. The van der Waals surface area contributed by atoms with Gasteiger partial charge in [0.25, 0.3) is 0 Å². The van der Waals surface area contributed by atoms with Crippen LogP contribution in [0.25, 0.3) is 0 Å². The molecule has 0 amide bonds. The van der Waals surface area contributed by atoms with Crippen molar-refractivity contribution in [2.24, 2.45) is 0 Å². The van der Waals surface area contributed by atoms with Crippen molar-refractivity contribution in [3.63, 3.8) is 0 Å². The summed E-state index contributed by atoms with van der Waals surface area (Å²) in [6.45, 7) is 0. The molecule has 0 unspecified atom stereocenters. The first kappa shape index (κ1) is 13.2. The second-order valence-electron chi connectivity index (χ2n) is 3.05. The number of carbonyl (C=O) groups is 1. The van der Waals surface area contributed by atoms with Gasteiger partial charge in [0, 0.05) is 11.8 Å². The Balaban J connectivity index is 3.05. The van der Waals surface area contributed by atoms with Crippen LogP contribution in [0.2, 0.25) is 0 Å². The summed E-state index contributed by atoms with van der Waals surface area (Å²) >= 11 is 2.99. The quantitative estimate of drug-likeness (QED) is 0.471. The molecule has 0 heterocycles. The minimum atomic E-state index is -4.60. The molecule has 0 radical (unpaired) electrons. The number of hydrogen-bond donors (Lipinski definition) is 0. The van der Waals surface area contributed by atoms with Crippen molar-refractivity contribution in [1.29, 1.82) is 0 Å². The molecule has 1 aromatic carbocycles. The maximum atomic E-state index is 13.2. The molecule has 0 aliphatic heterocycles. The van der Waals surface area contributed by atoms with Crippen molar-refractivity contribution < 1.29 is 22.4 Å². The van der Waals surface area contributed by atoms with E-state index in [1.165, 1.54) is 0 Å². The molecule has 0 aromatic heterocycles. The van der Waals surface area contributed by atoms with Gasteiger partial charge in [-0.15, -0.1) is 0 Å². The molecular formula is C10H7BrF4O. The smallest absolute Gasteiger partial charge is 0.294 e. The van der Waals surface area contributed by atoms with Gasteiger partial charge < -0.3 is 0 Å². The van der Waals surface area contributed by atoms with E-state index in [9.17, 15) is 22.4 Å². The third-order valence-electron chi connectivity index (χ3n) is 1.92. The number of alkyl halides is 4. The van der Waals surface area contributed by atoms with E-state index in [1.54, 1.807) is 0 Å². The van der Waals surface area contributed by atoms with Crippen LogP contribution >= 0.6 is 15.9 Å². The third-order valence-corrected chi connectivity index (χ3v) is 2.31. The zero-order valence-electron chi connectivity index (χ0n) is 7.94. The molecule has 0 spiro atoms. The predicted octanol–water partition coefficient (Wildman–Crippen LogP) is 3.81. The molecule has 0 saturated heterocycles. The first-order chi connectivity index (χ1) is 7.36. The molecular weight excluding hydrogens is 292 g/mol. The Morgan fingerprint density at radius 3 is 2.38 bits per heavy atom. The van der Waals surface area contributed by atoms with Crippen LogP contribution in [-0.2, 0) is 6.18 Å². The van der Waals surface area contributed by atoms with Gasteiger partial charge >= 0.3 is 6.18 Å². The fourth-order valence-corrected chi connectivity index (χ4v) is 1.50. The average Bonchev–Trinajstić information content (AvgIpc) is 2.16. The summed E-state index contributed by atoms with van der Waals surface area (Å²) in [6.07, 6.45) is -4.56. The van der Waals surface area contributed by atoms with Crippen molar-refractivity contribution >= 4 is 21.7 Å². The normalized spacial score (nSPS) is 11.6. The van der Waals surface area contributed by atoms with E-state index < -0.39 is 23.3 Å². The molecule has 6 heteroatoms. The van der Waals surface area contributed by atoms with Crippen molar-refractivity contribution in [2.75, 3.05) is 5.33 Å². The monoisotopic (exact) mass is 298 g/mol. The van der Waals surface area contributed by atoms with E-state index in [1.807, 2.05) is 0 Å². The van der Waals surface area contributed by atoms with Gasteiger partial charge in [-0.05, 0) is 18.2 Å². The molecule has 1 nitrogen and oxygen atoms in total. The zero-order chi connectivity index (χ0) is 12.3. The van der Waals surface area contributed by atoms with E-state index in [4.69, 9.17) is 0 Å². The van der Waals surface area contributed by atoms with Crippen LogP contribution in [0.4, 0.5) is 17.6 Å². The zero-order valence-corrected chi connectivity index (χ0v) is 9.53. The van der Waals surface area contributed by atoms with Gasteiger partial charge in [0.15, 0.2) is 5.78 Å². The lowest BCUT2D eigenvalue weighted by Gasteiger charge is -2.08. The Bertz CT molecular complexity index is 400. The van der Waals surface area contributed by atoms with Crippen molar-refractivity contribution in [2.45, 2.75) is 12.6 Å². The molecule has 0 aliphatic rings. The molecule has 0 aliphatic carbocycles. The molecule has 1 aromatic rings. The Hall–Kier alpha value is -0.910. The lowest BCUT2D eigenvalue weighted by Crippen LogP contribution is -2.08. The topological polar surface area (TPSA) is 17.1 Å². The van der Waals surface area contributed by atoms with Gasteiger partial charge in [-0.1, -0.05) is 15.9 Å². The lowest BCUT2D eigenvalue weighted by molar-refractivity contribution is -0.137. The van der Waals surface area contributed by atoms with Crippen molar-refractivity contribution in [1.82, 2.24) is 0 Å². The highest BCUT2D eigenvalue weighted by Crippen LogP contribution is 2.30.